The maximum absolute atomic E-state index is 11.2. The van der Waals surface area contributed by atoms with Gasteiger partial charge in [0.15, 0.2) is 0 Å². The van der Waals surface area contributed by atoms with Crippen molar-refractivity contribution in [1.82, 2.24) is 5.32 Å². The summed E-state index contributed by atoms with van der Waals surface area (Å²) >= 11 is 0. The Morgan fingerprint density at radius 3 is 2.50 bits per heavy atom. The van der Waals surface area contributed by atoms with Gasteiger partial charge in [0, 0.05) is 18.3 Å². The summed E-state index contributed by atoms with van der Waals surface area (Å²) in [5.41, 5.74) is 6.75. The molecule has 0 aliphatic carbocycles. The number of ether oxygens (including phenoxy) is 1. The van der Waals surface area contributed by atoms with Gasteiger partial charge in [-0.3, -0.25) is 4.79 Å². The van der Waals surface area contributed by atoms with E-state index in [1.54, 1.807) is 19.1 Å². The van der Waals surface area contributed by atoms with Crippen LogP contribution in [0.25, 0.3) is 0 Å². The highest BCUT2D eigenvalue weighted by Crippen LogP contribution is 2.15. The van der Waals surface area contributed by atoms with E-state index in [-0.39, 0.29) is 12.0 Å². The van der Waals surface area contributed by atoms with E-state index in [1.807, 2.05) is 19.1 Å². The van der Waals surface area contributed by atoms with E-state index in [0.717, 1.165) is 5.56 Å². The van der Waals surface area contributed by atoms with Crippen molar-refractivity contribution in [2.45, 2.75) is 26.3 Å². The zero-order chi connectivity index (χ0) is 15.0. The van der Waals surface area contributed by atoms with Crippen LogP contribution in [0.5, 0.6) is 0 Å². The van der Waals surface area contributed by atoms with Crippen molar-refractivity contribution in [3.05, 3.63) is 29.8 Å². The molecular weight excluding hydrogens is 258 g/mol. The van der Waals surface area contributed by atoms with E-state index < -0.39 is 6.03 Å². The Labute approximate surface area is 118 Å². The van der Waals surface area contributed by atoms with Gasteiger partial charge in [0.2, 0.25) is 0 Å². The molecule has 0 spiro atoms. The number of urea groups is 1. The minimum atomic E-state index is -0.585. The number of carbonyl (C=O) groups is 2. The average molecular weight is 279 g/mol. The summed E-state index contributed by atoms with van der Waals surface area (Å²) in [6.07, 6.45) is 0.347. The fourth-order valence-electron chi connectivity index (χ4n) is 1.74. The number of anilines is 1. The quantitative estimate of drug-likeness (QED) is 0.663. The lowest BCUT2D eigenvalue weighted by Crippen LogP contribution is -2.23. The number of carbonyl (C=O) groups excluding carboxylic acids is 2. The lowest BCUT2D eigenvalue weighted by atomic mass is 10.1. The van der Waals surface area contributed by atoms with E-state index in [4.69, 9.17) is 10.5 Å². The second kappa shape index (κ2) is 8.16. The van der Waals surface area contributed by atoms with Gasteiger partial charge in [-0.15, -0.1) is 0 Å². The SMILES string of the molecule is CCOC(=O)CCNC(C)c1ccc(NC(N)=O)cc1. The van der Waals surface area contributed by atoms with Crippen LogP contribution >= 0.6 is 0 Å². The van der Waals surface area contributed by atoms with Crippen LogP contribution in [0.2, 0.25) is 0 Å². The molecule has 0 aromatic heterocycles. The molecule has 20 heavy (non-hydrogen) atoms. The van der Waals surface area contributed by atoms with E-state index in [0.29, 0.717) is 25.3 Å². The molecule has 4 N–H and O–H groups in total. The molecule has 1 aromatic carbocycles. The number of nitrogens with two attached hydrogens (primary N) is 1. The fourth-order valence-corrected chi connectivity index (χ4v) is 1.74. The molecule has 0 fully saturated rings. The first kappa shape index (κ1) is 16.0. The maximum Gasteiger partial charge on any atom is 0.316 e. The number of benzene rings is 1. The van der Waals surface area contributed by atoms with Crippen LogP contribution in [0.3, 0.4) is 0 Å². The van der Waals surface area contributed by atoms with Crippen molar-refractivity contribution >= 4 is 17.7 Å². The molecule has 0 aliphatic heterocycles. The van der Waals surface area contributed by atoms with Gasteiger partial charge in [-0.05, 0) is 31.5 Å². The number of nitrogens with one attached hydrogen (secondary N) is 2. The smallest absolute Gasteiger partial charge is 0.316 e. The topological polar surface area (TPSA) is 93.4 Å². The number of primary amides is 1. The van der Waals surface area contributed by atoms with Gasteiger partial charge in [-0.1, -0.05) is 12.1 Å². The fraction of sp³-hybridized carbons (Fsp3) is 0.429. The van der Waals surface area contributed by atoms with Crippen LogP contribution in [-0.2, 0) is 9.53 Å². The largest absolute Gasteiger partial charge is 0.466 e. The van der Waals surface area contributed by atoms with Crippen LogP contribution in [-0.4, -0.2) is 25.2 Å². The summed E-state index contributed by atoms with van der Waals surface area (Å²) in [6, 6.07) is 6.87. The zero-order valence-corrected chi connectivity index (χ0v) is 11.8. The zero-order valence-electron chi connectivity index (χ0n) is 11.8. The lowest BCUT2D eigenvalue weighted by molar-refractivity contribution is -0.143. The third-order valence-electron chi connectivity index (χ3n) is 2.76. The molecule has 0 aliphatic rings. The molecule has 0 radical (unpaired) electrons. The molecule has 1 unspecified atom stereocenters. The third kappa shape index (κ3) is 5.71. The first-order valence-corrected chi connectivity index (χ1v) is 6.58. The van der Waals surface area contributed by atoms with E-state index in [1.165, 1.54) is 0 Å². The van der Waals surface area contributed by atoms with Crippen molar-refractivity contribution in [2.75, 3.05) is 18.5 Å². The summed E-state index contributed by atoms with van der Waals surface area (Å²) < 4.78 is 4.85. The van der Waals surface area contributed by atoms with Crippen molar-refractivity contribution in [3.63, 3.8) is 0 Å². The molecule has 1 aromatic rings. The number of hydrogen-bond acceptors (Lipinski definition) is 4. The summed E-state index contributed by atoms with van der Waals surface area (Å²) in [6.45, 7) is 4.75. The van der Waals surface area contributed by atoms with Gasteiger partial charge in [0.05, 0.1) is 13.0 Å². The van der Waals surface area contributed by atoms with Gasteiger partial charge in [0.1, 0.15) is 0 Å². The summed E-state index contributed by atoms with van der Waals surface area (Å²) in [7, 11) is 0. The predicted molar refractivity (Wildman–Crippen MR) is 77.3 cm³/mol. The highest BCUT2D eigenvalue weighted by atomic mass is 16.5. The Kier molecular flexibility index (Phi) is 6.52. The third-order valence-corrected chi connectivity index (χ3v) is 2.76. The van der Waals surface area contributed by atoms with Gasteiger partial charge < -0.3 is 21.1 Å². The molecule has 110 valence electrons. The molecule has 1 rings (SSSR count). The average Bonchev–Trinajstić information content (AvgIpc) is 2.39. The predicted octanol–water partition coefficient (Wildman–Crippen LogP) is 1.78. The number of amides is 2. The monoisotopic (exact) mass is 279 g/mol. The van der Waals surface area contributed by atoms with Gasteiger partial charge in [0.25, 0.3) is 0 Å². The molecule has 0 saturated carbocycles. The van der Waals surface area contributed by atoms with Gasteiger partial charge in [-0.2, -0.15) is 0 Å². The van der Waals surface area contributed by atoms with Crippen molar-refractivity contribution in [1.29, 1.82) is 0 Å². The molecule has 0 bridgehead atoms. The Morgan fingerprint density at radius 1 is 1.30 bits per heavy atom. The highest BCUT2D eigenvalue weighted by molar-refractivity contribution is 5.87. The van der Waals surface area contributed by atoms with Gasteiger partial charge >= 0.3 is 12.0 Å². The van der Waals surface area contributed by atoms with E-state index >= 15 is 0 Å². The normalized spacial score (nSPS) is 11.7. The standard InChI is InChI=1S/C14H21N3O3/c1-3-20-13(18)8-9-16-10(2)11-4-6-12(7-5-11)17-14(15)19/h4-7,10,16H,3,8-9H2,1-2H3,(H3,15,17,19). The van der Waals surface area contributed by atoms with Gasteiger partial charge in [-0.25, -0.2) is 4.79 Å². The van der Waals surface area contributed by atoms with Crippen LogP contribution in [0, 0.1) is 0 Å². The number of hydrogen-bond donors (Lipinski definition) is 3. The first-order chi connectivity index (χ1) is 9.52. The Hall–Kier alpha value is -2.08. The Balaban J connectivity index is 2.41. The molecule has 1 atom stereocenters. The second-order valence-corrected chi connectivity index (χ2v) is 4.34. The summed E-state index contributed by atoms with van der Waals surface area (Å²) in [4.78, 5) is 21.9. The summed E-state index contributed by atoms with van der Waals surface area (Å²) in [5, 5.41) is 5.74. The van der Waals surface area contributed by atoms with Crippen LogP contribution in [0.4, 0.5) is 10.5 Å². The molecule has 2 amide bonds. The molecule has 6 heteroatoms. The molecule has 0 saturated heterocycles. The molecular formula is C14H21N3O3. The Bertz CT molecular complexity index is 445. The van der Waals surface area contributed by atoms with Crippen molar-refractivity contribution in [2.24, 2.45) is 5.73 Å². The van der Waals surface area contributed by atoms with Crippen molar-refractivity contribution < 1.29 is 14.3 Å². The highest BCUT2D eigenvalue weighted by Gasteiger charge is 2.07. The molecule has 6 nitrogen and oxygen atoms in total. The Morgan fingerprint density at radius 2 is 1.95 bits per heavy atom. The van der Waals surface area contributed by atoms with Crippen LogP contribution < -0.4 is 16.4 Å². The van der Waals surface area contributed by atoms with Crippen LogP contribution in [0.1, 0.15) is 31.9 Å². The maximum atomic E-state index is 11.2. The van der Waals surface area contributed by atoms with Crippen molar-refractivity contribution in [3.8, 4) is 0 Å². The number of rotatable bonds is 7. The summed E-state index contributed by atoms with van der Waals surface area (Å²) in [5.74, 6) is -0.201. The second-order valence-electron chi connectivity index (χ2n) is 4.34. The van der Waals surface area contributed by atoms with Crippen LogP contribution in [0.15, 0.2) is 24.3 Å². The van der Waals surface area contributed by atoms with E-state index in [2.05, 4.69) is 10.6 Å². The van der Waals surface area contributed by atoms with E-state index in [9.17, 15) is 9.59 Å². The minimum Gasteiger partial charge on any atom is -0.466 e. The number of esters is 1. The first-order valence-electron chi connectivity index (χ1n) is 6.58. The lowest BCUT2D eigenvalue weighted by Gasteiger charge is -2.14. The molecule has 0 heterocycles. The minimum absolute atomic E-state index is 0.104.